The number of nitrogens with zero attached hydrogens (tertiary/aromatic N) is 3. The predicted octanol–water partition coefficient (Wildman–Crippen LogP) is 3.53. The van der Waals surface area contributed by atoms with Crippen molar-refractivity contribution in [1.29, 1.82) is 0 Å². The summed E-state index contributed by atoms with van der Waals surface area (Å²) in [6.07, 6.45) is 1.83. The topological polar surface area (TPSA) is 30.7 Å². The third kappa shape index (κ3) is 2.36. The Hall–Kier alpha value is -1.06. The summed E-state index contributed by atoms with van der Waals surface area (Å²) in [5.41, 5.74) is 0.865. The highest BCUT2D eigenvalue weighted by molar-refractivity contribution is 6.30. The molecular formula is C11H11Cl2N3. The molecule has 3 nitrogen and oxygen atoms in total. The molecular weight excluding hydrogens is 245 g/mol. The molecule has 84 valence electrons. The van der Waals surface area contributed by atoms with Gasteiger partial charge in [0.05, 0.1) is 5.69 Å². The summed E-state index contributed by atoms with van der Waals surface area (Å²) in [6.45, 7) is 2.08. The minimum atomic E-state index is 0.380. The zero-order valence-corrected chi connectivity index (χ0v) is 10.3. The van der Waals surface area contributed by atoms with Gasteiger partial charge in [0.2, 0.25) is 5.28 Å². The van der Waals surface area contributed by atoms with Gasteiger partial charge < -0.3 is 0 Å². The Balaban J connectivity index is 2.36. The molecule has 0 aliphatic heterocycles. The van der Waals surface area contributed by atoms with E-state index < -0.39 is 0 Å². The van der Waals surface area contributed by atoms with Crippen molar-refractivity contribution in [3.8, 4) is 5.69 Å². The molecule has 2 aromatic rings. The van der Waals surface area contributed by atoms with Gasteiger partial charge in [-0.15, -0.1) is 5.10 Å². The molecule has 5 heteroatoms. The highest BCUT2D eigenvalue weighted by Gasteiger charge is 2.08. The Kier molecular flexibility index (Phi) is 3.46. The van der Waals surface area contributed by atoms with Crippen LogP contribution >= 0.6 is 23.2 Å². The van der Waals surface area contributed by atoms with E-state index in [1.165, 1.54) is 0 Å². The van der Waals surface area contributed by atoms with Crippen LogP contribution in [0.1, 0.15) is 19.2 Å². The smallest absolute Gasteiger partial charge is 0.203 e. The first kappa shape index (κ1) is 11.4. The molecule has 0 saturated heterocycles. The summed E-state index contributed by atoms with van der Waals surface area (Å²) < 4.78 is 1.61. The van der Waals surface area contributed by atoms with E-state index in [4.69, 9.17) is 23.2 Å². The van der Waals surface area contributed by atoms with Gasteiger partial charge >= 0.3 is 0 Å². The first-order valence-corrected chi connectivity index (χ1v) is 5.83. The van der Waals surface area contributed by atoms with E-state index >= 15 is 0 Å². The number of aromatic nitrogens is 3. The minimum absolute atomic E-state index is 0.380. The Morgan fingerprint density at radius 1 is 1.19 bits per heavy atom. The number of halogens is 2. The van der Waals surface area contributed by atoms with Crippen molar-refractivity contribution >= 4 is 23.2 Å². The van der Waals surface area contributed by atoms with Crippen LogP contribution in [0.3, 0.4) is 0 Å². The Bertz CT molecular complexity index is 476. The van der Waals surface area contributed by atoms with Crippen LogP contribution in [0.25, 0.3) is 5.69 Å². The van der Waals surface area contributed by atoms with Gasteiger partial charge in [0.25, 0.3) is 0 Å². The second-order valence-electron chi connectivity index (χ2n) is 3.44. The maximum Gasteiger partial charge on any atom is 0.225 e. The van der Waals surface area contributed by atoms with E-state index in [9.17, 15) is 0 Å². The van der Waals surface area contributed by atoms with Gasteiger partial charge in [0.1, 0.15) is 0 Å². The first-order chi connectivity index (χ1) is 7.70. The molecule has 0 radical (unpaired) electrons. The van der Waals surface area contributed by atoms with Crippen LogP contribution in [0.15, 0.2) is 24.3 Å². The molecule has 0 amide bonds. The van der Waals surface area contributed by atoms with E-state index in [0.29, 0.717) is 10.3 Å². The van der Waals surface area contributed by atoms with Crippen molar-refractivity contribution in [3.63, 3.8) is 0 Å². The SMILES string of the molecule is CCCc1nc(Cl)n(-c2ccc(Cl)cc2)n1. The zero-order chi connectivity index (χ0) is 11.5. The molecule has 0 N–H and O–H groups in total. The van der Waals surface area contributed by atoms with Gasteiger partial charge in [-0.3, -0.25) is 0 Å². The Morgan fingerprint density at radius 2 is 1.88 bits per heavy atom. The standard InChI is InChI=1S/C11H11Cl2N3/c1-2-3-10-14-11(13)16(15-10)9-6-4-8(12)5-7-9/h4-7H,2-3H2,1H3. The zero-order valence-electron chi connectivity index (χ0n) is 8.82. The van der Waals surface area contributed by atoms with E-state index in [1.807, 2.05) is 12.1 Å². The van der Waals surface area contributed by atoms with Crippen molar-refractivity contribution in [2.24, 2.45) is 0 Å². The van der Waals surface area contributed by atoms with Gasteiger partial charge in [-0.25, -0.2) is 9.67 Å². The molecule has 16 heavy (non-hydrogen) atoms. The lowest BCUT2D eigenvalue weighted by Crippen LogP contribution is -1.97. The highest BCUT2D eigenvalue weighted by atomic mass is 35.5. The Labute approximate surface area is 104 Å². The molecule has 1 aromatic carbocycles. The van der Waals surface area contributed by atoms with E-state index in [-0.39, 0.29) is 0 Å². The summed E-state index contributed by atoms with van der Waals surface area (Å²) in [7, 11) is 0. The van der Waals surface area contributed by atoms with Crippen molar-refractivity contribution in [2.45, 2.75) is 19.8 Å². The van der Waals surface area contributed by atoms with Gasteiger partial charge in [-0.1, -0.05) is 18.5 Å². The fourth-order valence-electron chi connectivity index (χ4n) is 1.41. The molecule has 1 aromatic heterocycles. The summed E-state index contributed by atoms with van der Waals surface area (Å²) in [6, 6.07) is 7.32. The number of benzene rings is 1. The van der Waals surface area contributed by atoms with Crippen LogP contribution in [0.4, 0.5) is 0 Å². The molecule has 0 saturated carbocycles. The number of aryl methyl sites for hydroxylation is 1. The van der Waals surface area contributed by atoms with Gasteiger partial charge in [0, 0.05) is 11.4 Å². The molecule has 0 aliphatic carbocycles. The summed E-state index contributed by atoms with van der Waals surface area (Å²) in [4.78, 5) is 4.18. The molecule has 0 bridgehead atoms. The van der Waals surface area contributed by atoms with Crippen LogP contribution in [-0.2, 0) is 6.42 Å². The van der Waals surface area contributed by atoms with Gasteiger partial charge in [0.15, 0.2) is 5.82 Å². The van der Waals surface area contributed by atoms with Crippen molar-refractivity contribution in [2.75, 3.05) is 0 Å². The summed E-state index contributed by atoms with van der Waals surface area (Å²) in [5, 5.41) is 5.40. The second-order valence-corrected chi connectivity index (χ2v) is 4.21. The van der Waals surface area contributed by atoms with E-state index in [1.54, 1.807) is 16.8 Å². The van der Waals surface area contributed by atoms with E-state index in [2.05, 4.69) is 17.0 Å². The third-order valence-electron chi connectivity index (χ3n) is 2.16. The quantitative estimate of drug-likeness (QED) is 0.841. The molecule has 1 heterocycles. The van der Waals surface area contributed by atoms with Crippen molar-refractivity contribution in [1.82, 2.24) is 14.8 Å². The summed E-state index contributed by atoms with van der Waals surface area (Å²) >= 11 is 11.8. The fourth-order valence-corrected chi connectivity index (χ4v) is 1.77. The van der Waals surface area contributed by atoms with Crippen LogP contribution in [-0.4, -0.2) is 14.8 Å². The molecule has 0 spiro atoms. The minimum Gasteiger partial charge on any atom is -0.203 e. The normalized spacial score (nSPS) is 10.7. The average molecular weight is 256 g/mol. The molecule has 0 aliphatic rings. The lowest BCUT2D eigenvalue weighted by atomic mass is 10.3. The number of rotatable bonds is 3. The predicted molar refractivity (Wildman–Crippen MR) is 65.4 cm³/mol. The van der Waals surface area contributed by atoms with Crippen LogP contribution in [0.5, 0.6) is 0 Å². The first-order valence-electron chi connectivity index (χ1n) is 5.08. The van der Waals surface area contributed by atoms with Gasteiger partial charge in [-0.05, 0) is 42.3 Å². The molecule has 0 fully saturated rings. The maximum absolute atomic E-state index is 6.01. The monoisotopic (exact) mass is 255 g/mol. The fraction of sp³-hybridized carbons (Fsp3) is 0.273. The number of hydrogen-bond acceptors (Lipinski definition) is 2. The molecule has 2 rings (SSSR count). The van der Waals surface area contributed by atoms with Crippen molar-refractivity contribution in [3.05, 3.63) is 40.4 Å². The molecule has 0 atom stereocenters. The molecule has 0 unspecified atom stereocenters. The van der Waals surface area contributed by atoms with E-state index in [0.717, 1.165) is 24.4 Å². The number of hydrogen-bond donors (Lipinski definition) is 0. The third-order valence-corrected chi connectivity index (χ3v) is 2.65. The van der Waals surface area contributed by atoms with Crippen LogP contribution < -0.4 is 0 Å². The highest BCUT2D eigenvalue weighted by Crippen LogP contribution is 2.17. The lowest BCUT2D eigenvalue weighted by Gasteiger charge is -2.00. The van der Waals surface area contributed by atoms with Crippen molar-refractivity contribution < 1.29 is 0 Å². The lowest BCUT2D eigenvalue weighted by molar-refractivity contribution is 0.799. The maximum atomic E-state index is 6.01. The van der Waals surface area contributed by atoms with Crippen LogP contribution in [0.2, 0.25) is 10.3 Å². The second kappa shape index (κ2) is 4.85. The van der Waals surface area contributed by atoms with Crippen LogP contribution in [0, 0.1) is 0 Å². The largest absolute Gasteiger partial charge is 0.225 e. The Morgan fingerprint density at radius 3 is 2.50 bits per heavy atom. The average Bonchev–Trinajstić information content (AvgIpc) is 2.61. The summed E-state index contributed by atoms with van der Waals surface area (Å²) in [5.74, 6) is 0.766. The van der Waals surface area contributed by atoms with Gasteiger partial charge in [-0.2, -0.15) is 0 Å².